The van der Waals surface area contributed by atoms with Crippen molar-refractivity contribution in [2.45, 2.75) is 18.7 Å². The Bertz CT molecular complexity index is 635. The molecule has 1 rings (SSSR count). The molecule has 0 aliphatic heterocycles. The maximum absolute atomic E-state index is 13.6. The Morgan fingerprint density at radius 1 is 1.19 bits per heavy atom. The second kappa shape index (κ2) is 6.90. The van der Waals surface area contributed by atoms with E-state index in [9.17, 15) is 26.4 Å². The predicted octanol–water partition coefficient (Wildman–Crippen LogP) is 1.25. The first kappa shape index (κ1) is 17.4. The van der Waals surface area contributed by atoms with Gasteiger partial charge in [-0.05, 0) is 19.1 Å². The van der Waals surface area contributed by atoms with Crippen molar-refractivity contribution in [3.8, 4) is 0 Å². The van der Waals surface area contributed by atoms with Crippen molar-refractivity contribution >= 4 is 15.9 Å². The maximum atomic E-state index is 13.6. The summed E-state index contributed by atoms with van der Waals surface area (Å²) in [7, 11) is -4.44. The highest BCUT2D eigenvalue weighted by molar-refractivity contribution is 7.89. The Balaban J connectivity index is 3.19. The van der Waals surface area contributed by atoms with Gasteiger partial charge in [0.1, 0.15) is 4.90 Å². The van der Waals surface area contributed by atoms with E-state index < -0.39 is 44.8 Å². The smallest absolute Gasteiger partial charge is 0.246 e. The van der Waals surface area contributed by atoms with Gasteiger partial charge in [0, 0.05) is 13.1 Å². The number of nitrogens with one attached hydrogen (secondary N) is 1. The van der Waals surface area contributed by atoms with Crippen LogP contribution in [-0.4, -0.2) is 38.3 Å². The minimum atomic E-state index is -4.44. The molecule has 0 unspecified atom stereocenters. The van der Waals surface area contributed by atoms with E-state index in [0.29, 0.717) is 23.0 Å². The van der Waals surface area contributed by atoms with Crippen LogP contribution in [0.25, 0.3) is 0 Å². The van der Waals surface area contributed by atoms with E-state index in [1.54, 1.807) is 6.92 Å². The molecule has 1 N–H and O–H groups in total. The monoisotopic (exact) mass is 324 g/mol. The molecule has 0 aromatic heterocycles. The molecule has 0 fully saturated rings. The number of hydrogen-bond donors (Lipinski definition) is 1. The van der Waals surface area contributed by atoms with Crippen LogP contribution in [0.4, 0.5) is 13.2 Å². The molecule has 1 aromatic carbocycles. The highest BCUT2D eigenvalue weighted by Gasteiger charge is 2.30. The summed E-state index contributed by atoms with van der Waals surface area (Å²) in [5, 5.41) is 2.40. The van der Waals surface area contributed by atoms with Crippen molar-refractivity contribution in [1.82, 2.24) is 9.62 Å². The van der Waals surface area contributed by atoms with Crippen molar-refractivity contribution in [3.63, 3.8) is 0 Å². The van der Waals surface area contributed by atoms with E-state index in [1.807, 2.05) is 0 Å². The summed E-state index contributed by atoms with van der Waals surface area (Å²) in [5.41, 5.74) is 0. The van der Waals surface area contributed by atoms with Crippen molar-refractivity contribution in [2.75, 3.05) is 19.6 Å². The number of sulfonamides is 1. The summed E-state index contributed by atoms with van der Waals surface area (Å²) in [6.07, 6.45) is 0. The number of amides is 1. The SMILES string of the molecule is CCNC(=O)CN(CC)S(=O)(=O)c1ccc(F)c(F)c1F. The Kier molecular flexibility index (Phi) is 5.73. The average molecular weight is 324 g/mol. The van der Waals surface area contributed by atoms with Gasteiger partial charge in [0.15, 0.2) is 17.5 Å². The third kappa shape index (κ3) is 3.73. The van der Waals surface area contributed by atoms with Gasteiger partial charge in [0.25, 0.3) is 0 Å². The van der Waals surface area contributed by atoms with Gasteiger partial charge < -0.3 is 5.32 Å². The van der Waals surface area contributed by atoms with E-state index in [0.717, 1.165) is 0 Å². The largest absolute Gasteiger partial charge is 0.355 e. The highest BCUT2D eigenvalue weighted by Crippen LogP contribution is 2.22. The number of hydrogen-bond acceptors (Lipinski definition) is 3. The van der Waals surface area contributed by atoms with Crippen molar-refractivity contribution in [1.29, 1.82) is 0 Å². The summed E-state index contributed by atoms with van der Waals surface area (Å²) in [5.74, 6) is -5.74. The fourth-order valence-electron chi connectivity index (χ4n) is 1.63. The second-order valence-corrected chi connectivity index (χ2v) is 5.96. The fraction of sp³-hybridized carbons (Fsp3) is 0.417. The number of halogens is 3. The lowest BCUT2D eigenvalue weighted by Gasteiger charge is -2.20. The Labute approximate surface area is 120 Å². The molecule has 0 saturated carbocycles. The van der Waals surface area contributed by atoms with Gasteiger partial charge in [-0.1, -0.05) is 6.92 Å². The maximum Gasteiger partial charge on any atom is 0.246 e. The van der Waals surface area contributed by atoms with Gasteiger partial charge in [0.2, 0.25) is 15.9 Å². The van der Waals surface area contributed by atoms with Crippen LogP contribution in [0.2, 0.25) is 0 Å². The standard InChI is InChI=1S/C12H15F3N2O3S/c1-3-16-10(18)7-17(4-2)21(19,20)9-6-5-8(13)11(14)12(9)15/h5-6H,3-4,7H2,1-2H3,(H,16,18). The molecule has 0 radical (unpaired) electrons. The van der Waals surface area contributed by atoms with Crippen LogP contribution in [0, 0.1) is 17.5 Å². The van der Waals surface area contributed by atoms with Crippen LogP contribution in [-0.2, 0) is 14.8 Å². The van der Waals surface area contributed by atoms with Crippen LogP contribution in [0.3, 0.4) is 0 Å². The Hall–Kier alpha value is -1.61. The molecule has 0 bridgehead atoms. The zero-order chi connectivity index (χ0) is 16.2. The molecule has 118 valence electrons. The van der Waals surface area contributed by atoms with Crippen LogP contribution in [0.5, 0.6) is 0 Å². The molecular weight excluding hydrogens is 309 g/mol. The van der Waals surface area contributed by atoms with Crippen LogP contribution >= 0.6 is 0 Å². The minimum Gasteiger partial charge on any atom is -0.355 e. The van der Waals surface area contributed by atoms with Crippen LogP contribution in [0.1, 0.15) is 13.8 Å². The summed E-state index contributed by atoms with van der Waals surface area (Å²) in [6.45, 7) is 2.73. The molecular formula is C12H15F3N2O3S. The first-order chi connectivity index (χ1) is 9.75. The molecule has 0 atom stereocenters. The molecule has 1 amide bonds. The first-order valence-electron chi connectivity index (χ1n) is 6.16. The van der Waals surface area contributed by atoms with E-state index >= 15 is 0 Å². The molecule has 0 saturated heterocycles. The number of benzene rings is 1. The lowest BCUT2D eigenvalue weighted by atomic mass is 10.3. The van der Waals surface area contributed by atoms with E-state index in [-0.39, 0.29) is 6.54 Å². The molecule has 0 aliphatic rings. The number of nitrogens with zero attached hydrogens (tertiary/aromatic N) is 1. The molecule has 21 heavy (non-hydrogen) atoms. The lowest BCUT2D eigenvalue weighted by molar-refractivity contribution is -0.121. The number of carbonyl (C=O) groups is 1. The summed E-state index contributed by atoms with van der Waals surface area (Å²) in [4.78, 5) is 10.4. The first-order valence-corrected chi connectivity index (χ1v) is 7.60. The van der Waals surface area contributed by atoms with Gasteiger partial charge in [-0.15, -0.1) is 0 Å². The number of rotatable bonds is 6. The summed E-state index contributed by atoms with van der Waals surface area (Å²) in [6, 6.07) is 1.15. The van der Waals surface area contributed by atoms with E-state index in [4.69, 9.17) is 0 Å². The molecule has 0 spiro atoms. The van der Waals surface area contributed by atoms with Gasteiger partial charge in [-0.3, -0.25) is 4.79 Å². The van der Waals surface area contributed by atoms with Crippen LogP contribution < -0.4 is 5.32 Å². The van der Waals surface area contributed by atoms with Crippen LogP contribution in [0.15, 0.2) is 17.0 Å². The molecule has 5 nitrogen and oxygen atoms in total. The average Bonchev–Trinajstić information content (AvgIpc) is 2.42. The van der Waals surface area contributed by atoms with Crippen molar-refractivity contribution in [2.24, 2.45) is 0 Å². The van der Waals surface area contributed by atoms with Gasteiger partial charge >= 0.3 is 0 Å². The third-order valence-electron chi connectivity index (χ3n) is 2.66. The predicted molar refractivity (Wildman–Crippen MR) is 69.4 cm³/mol. The second-order valence-electron chi connectivity index (χ2n) is 4.06. The normalized spacial score (nSPS) is 11.7. The fourth-order valence-corrected chi connectivity index (χ4v) is 3.09. The Morgan fingerprint density at radius 3 is 2.33 bits per heavy atom. The molecule has 1 aromatic rings. The van der Waals surface area contributed by atoms with E-state index in [2.05, 4.69) is 5.32 Å². The summed E-state index contributed by atoms with van der Waals surface area (Å²) < 4.78 is 64.7. The number of likely N-dealkylation sites (N-methyl/N-ethyl adjacent to an activating group) is 2. The molecule has 0 heterocycles. The van der Waals surface area contributed by atoms with Gasteiger partial charge in [0.05, 0.1) is 6.54 Å². The highest BCUT2D eigenvalue weighted by atomic mass is 32.2. The van der Waals surface area contributed by atoms with Gasteiger partial charge in [-0.2, -0.15) is 4.31 Å². The molecule has 0 aliphatic carbocycles. The van der Waals surface area contributed by atoms with Crippen molar-refractivity contribution in [3.05, 3.63) is 29.6 Å². The van der Waals surface area contributed by atoms with E-state index in [1.165, 1.54) is 6.92 Å². The zero-order valence-corrected chi connectivity index (χ0v) is 12.3. The zero-order valence-electron chi connectivity index (χ0n) is 11.5. The van der Waals surface area contributed by atoms with Gasteiger partial charge in [-0.25, -0.2) is 21.6 Å². The number of carbonyl (C=O) groups excluding carboxylic acids is 1. The third-order valence-corrected chi connectivity index (χ3v) is 4.60. The Morgan fingerprint density at radius 2 is 1.81 bits per heavy atom. The minimum absolute atomic E-state index is 0.127. The lowest BCUT2D eigenvalue weighted by Crippen LogP contribution is -2.40. The summed E-state index contributed by atoms with van der Waals surface area (Å²) >= 11 is 0. The molecule has 9 heteroatoms. The van der Waals surface area contributed by atoms with Crippen molar-refractivity contribution < 1.29 is 26.4 Å². The topological polar surface area (TPSA) is 66.5 Å². The quantitative estimate of drug-likeness (QED) is 0.801.